The lowest BCUT2D eigenvalue weighted by Gasteiger charge is -2.21. The van der Waals surface area contributed by atoms with Crippen LogP contribution in [0.2, 0.25) is 0 Å². The van der Waals surface area contributed by atoms with E-state index in [4.69, 9.17) is 12.2 Å². The molecule has 1 atom stereocenters. The standard InChI is InChI=1S/C19H21N3O2S/c1-13(15-7-6-14-4-2-3-5-16(14)12-15)20-19(25)21-17-8-10-18(11-9-17)22(23)24/h6-13H,2-5H2,1H3,(H2,20,21,25)/t13-/m1/s1. The molecule has 0 fully saturated rings. The Morgan fingerprint density at radius 1 is 1.12 bits per heavy atom. The van der Waals surface area contributed by atoms with Crippen molar-refractivity contribution in [2.45, 2.75) is 38.6 Å². The highest BCUT2D eigenvalue weighted by molar-refractivity contribution is 7.80. The monoisotopic (exact) mass is 355 g/mol. The van der Waals surface area contributed by atoms with E-state index in [0.717, 1.165) is 12.1 Å². The first-order valence-corrected chi connectivity index (χ1v) is 8.87. The fourth-order valence-electron chi connectivity index (χ4n) is 3.14. The Bertz CT molecular complexity index is 790. The molecule has 0 radical (unpaired) electrons. The number of non-ortho nitro benzene ring substituents is 1. The lowest BCUT2D eigenvalue weighted by Crippen LogP contribution is -2.31. The van der Waals surface area contributed by atoms with Crippen LogP contribution in [0.5, 0.6) is 0 Å². The van der Waals surface area contributed by atoms with Crippen LogP contribution in [0.3, 0.4) is 0 Å². The number of nitro groups is 1. The van der Waals surface area contributed by atoms with Crippen molar-refractivity contribution in [2.24, 2.45) is 0 Å². The molecule has 1 aliphatic rings. The molecule has 2 aromatic carbocycles. The highest BCUT2D eigenvalue weighted by Gasteiger charge is 2.13. The van der Waals surface area contributed by atoms with E-state index in [9.17, 15) is 10.1 Å². The zero-order valence-corrected chi connectivity index (χ0v) is 14.9. The van der Waals surface area contributed by atoms with Crippen molar-refractivity contribution in [1.29, 1.82) is 0 Å². The number of nitrogens with one attached hydrogen (secondary N) is 2. The van der Waals surface area contributed by atoms with Gasteiger partial charge in [0.1, 0.15) is 0 Å². The normalized spacial score (nSPS) is 14.3. The molecule has 5 nitrogen and oxygen atoms in total. The summed E-state index contributed by atoms with van der Waals surface area (Å²) in [6.07, 6.45) is 4.88. The van der Waals surface area contributed by atoms with E-state index < -0.39 is 4.92 Å². The molecule has 2 aromatic rings. The van der Waals surface area contributed by atoms with Crippen molar-refractivity contribution in [3.63, 3.8) is 0 Å². The molecule has 0 saturated heterocycles. The molecule has 3 rings (SSSR count). The highest BCUT2D eigenvalue weighted by atomic mass is 32.1. The largest absolute Gasteiger partial charge is 0.356 e. The first kappa shape index (κ1) is 17.4. The van der Waals surface area contributed by atoms with Crippen LogP contribution < -0.4 is 10.6 Å². The smallest absolute Gasteiger partial charge is 0.269 e. The average molecular weight is 355 g/mol. The van der Waals surface area contributed by atoms with Gasteiger partial charge in [0.2, 0.25) is 0 Å². The van der Waals surface area contributed by atoms with Gasteiger partial charge in [-0.2, -0.15) is 0 Å². The molecule has 130 valence electrons. The first-order chi connectivity index (χ1) is 12.0. The van der Waals surface area contributed by atoms with Gasteiger partial charge in [0.05, 0.1) is 11.0 Å². The van der Waals surface area contributed by atoms with Crippen LogP contribution in [0, 0.1) is 10.1 Å². The van der Waals surface area contributed by atoms with Crippen molar-refractivity contribution in [3.8, 4) is 0 Å². The summed E-state index contributed by atoms with van der Waals surface area (Å²) in [4.78, 5) is 10.3. The summed E-state index contributed by atoms with van der Waals surface area (Å²) in [5.41, 5.74) is 4.92. The number of nitrogens with zero attached hydrogens (tertiary/aromatic N) is 1. The number of rotatable bonds is 4. The van der Waals surface area contributed by atoms with Gasteiger partial charge in [0.15, 0.2) is 5.11 Å². The lowest BCUT2D eigenvalue weighted by atomic mass is 9.89. The molecular formula is C19H21N3O2S. The van der Waals surface area contributed by atoms with Gasteiger partial charge in [-0.15, -0.1) is 0 Å². The number of aryl methyl sites for hydroxylation is 2. The Labute approximate surface area is 152 Å². The molecule has 0 spiro atoms. The molecular weight excluding hydrogens is 334 g/mol. The van der Waals surface area contributed by atoms with Crippen molar-refractivity contribution in [1.82, 2.24) is 5.32 Å². The van der Waals surface area contributed by atoms with Crippen LogP contribution in [-0.4, -0.2) is 10.0 Å². The minimum Gasteiger partial charge on any atom is -0.356 e. The number of nitro benzene ring substituents is 1. The van der Waals surface area contributed by atoms with Crippen LogP contribution in [0.15, 0.2) is 42.5 Å². The number of hydrogen-bond donors (Lipinski definition) is 2. The summed E-state index contributed by atoms with van der Waals surface area (Å²) >= 11 is 5.36. The summed E-state index contributed by atoms with van der Waals surface area (Å²) < 4.78 is 0. The Balaban J connectivity index is 1.61. The van der Waals surface area contributed by atoms with E-state index in [-0.39, 0.29) is 11.7 Å². The van der Waals surface area contributed by atoms with E-state index >= 15 is 0 Å². The molecule has 0 bridgehead atoms. The zero-order valence-electron chi connectivity index (χ0n) is 14.1. The van der Waals surface area contributed by atoms with E-state index in [1.807, 2.05) is 0 Å². The van der Waals surface area contributed by atoms with Gasteiger partial charge in [0, 0.05) is 17.8 Å². The van der Waals surface area contributed by atoms with Gasteiger partial charge in [0.25, 0.3) is 5.69 Å². The first-order valence-electron chi connectivity index (χ1n) is 8.46. The minimum absolute atomic E-state index is 0.0619. The predicted octanol–water partition coefficient (Wildman–Crippen LogP) is 4.52. The van der Waals surface area contributed by atoms with Gasteiger partial charge in [-0.05, 0) is 73.6 Å². The molecule has 0 aromatic heterocycles. The second-order valence-electron chi connectivity index (χ2n) is 6.36. The summed E-state index contributed by atoms with van der Waals surface area (Å²) in [7, 11) is 0. The highest BCUT2D eigenvalue weighted by Crippen LogP contribution is 2.25. The minimum atomic E-state index is -0.418. The van der Waals surface area contributed by atoms with Crippen LogP contribution >= 0.6 is 12.2 Å². The van der Waals surface area contributed by atoms with Gasteiger partial charge in [-0.3, -0.25) is 10.1 Å². The van der Waals surface area contributed by atoms with E-state index in [1.165, 1.54) is 48.1 Å². The lowest BCUT2D eigenvalue weighted by molar-refractivity contribution is -0.384. The average Bonchev–Trinajstić information content (AvgIpc) is 2.61. The van der Waals surface area contributed by atoms with Crippen LogP contribution in [0.1, 0.15) is 42.5 Å². The number of anilines is 1. The molecule has 2 N–H and O–H groups in total. The third kappa shape index (κ3) is 4.33. The Hall–Kier alpha value is -2.47. The van der Waals surface area contributed by atoms with E-state index in [1.54, 1.807) is 12.1 Å². The molecule has 0 amide bonds. The second kappa shape index (κ2) is 7.61. The molecule has 0 saturated carbocycles. The van der Waals surface area contributed by atoms with Crippen molar-refractivity contribution in [3.05, 3.63) is 69.3 Å². The molecule has 6 heteroatoms. The number of hydrogen-bond acceptors (Lipinski definition) is 3. The van der Waals surface area contributed by atoms with E-state index in [0.29, 0.717) is 5.11 Å². The third-order valence-electron chi connectivity index (χ3n) is 4.56. The topological polar surface area (TPSA) is 67.2 Å². The Kier molecular flexibility index (Phi) is 5.28. The molecule has 0 unspecified atom stereocenters. The van der Waals surface area contributed by atoms with Crippen molar-refractivity contribution in [2.75, 3.05) is 5.32 Å². The fourth-order valence-corrected chi connectivity index (χ4v) is 3.43. The van der Waals surface area contributed by atoms with Crippen LogP contribution in [0.4, 0.5) is 11.4 Å². The second-order valence-corrected chi connectivity index (χ2v) is 6.77. The summed E-state index contributed by atoms with van der Waals surface area (Å²) in [5, 5.41) is 17.5. The Morgan fingerprint density at radius 2 is 1.80 bits per heavy atom. The molecule has 1 aliphatic carbocycles. The maximum absolute atomic E-state index is 10.7. The number of benzene rings is 2. The Morgan fingerprint density at radius 3 is 2.48 bits per heavy atom. The van der Waals surface area contributed by atoms with Gasteiger partial charge >= 0.3 is 0 Å². The maximum atomic E-state index is 10.7. The summed E-state index contributed by atoms with van der Waals surface area (Å²) in [6.45, 7) is 2.08. The molecule has 0 aliphatic heterocycles. The number of thiocarbonyl (C=S) groups is 1. The fraction of sp³-hybridized carbons (Fsp3) is 0.316. The third-order valence-corrected chi connectivity index (χ3v) is 4.78. The predicted molar refractivity (Wildman–Crippen MR) is 104 cm³/mol. The molecule has 25 heavy (non-hydrogen) atoms. The SMILES string of the molecule is C[C@@H](NC(=S)Nc1ccc([N+](=O)[O-])cc1)c1ccc2c(c1)CCCC2. The summed E-state index contributed by atoms with van der Waals surface area (Å²) in [6, 6.07) is 13.0. The van der Waals surface area contributed by atoms with Gasteiger partial charge in [-0.1, -0.05) is 18.2 Å². The van der Waals surface area contributed by atoms with Crippen molar-refractivity contribution < 1.29 is 4.92 Å². The van der Waals surface area contributed by atoms with Gasteiger partial charge < -0.3 is 10.6 Å². The van der Waals surface area contributed by atoms with Crippen LogP contribution in [-0.2, 0) is 12.8 Å². The van der Waals surface area contributed by atoms with Gasteiger partial charge in [-0.25, -0.2) is 0 Å². The summed E-state index contributed by atoms with van der Waals surface area (Å²) in [5.74, 6) is 0. The quantitative estimate of drug-likeness (QED) is 0.479. The zero-order chi connectivity index (χ0) is 17.8. The number of fused-ring (bicyclic) bond motifs is 1. The maximum Gasteiger partial charge on any atom is 0.269 e. The van der Waals surface area contributed by atoms with Crippen LogP contribution in [0.25, 0.3) is 0 Å². The van der Waals surface area contributed by atoms with Crippen molar-refractivity contribution >= 4 is 28.7 Å². The molecule has 0 heterocycles. The van der Waals surface area contributed by atoms with E-state index in [2.05, 4.69) is 35.8 Å².